The fraction of sp³-hybridized carbons (Fsp3) is 0.350. The normalized spacial score (nSPS) is 21.7. The average Bonchev–Trinajstić information content (AvgIpc) is 3.23. The van der Waals surface area contributed by atoms with Crippen molar-refractivity contribution in [2.45, 2.75) is 31.1 Å². The molecule has 2 aliphatic heterocycles. The number of carbonyl (C=O) groups excluding carboxylic acids is 3. The summed E-state index contributed by atoms with van der Waals surface area (Å²) in [5.41, 5.74) is -0.575. The monoisotopic (exact) mass is 420 g/mol. The topological polar surface area (TPSA) is 74.7 Å². The van der Waals surface area contributed by atoms with Crippen molar-refractivity contribution in [3.8, 4) is 0 Å². The summed E-state index contributed by atoms with van der Waals surface area (Å²) in [4.78, 5) is 40.2. The van der Waals surface area contributed by atoms with Crippen LogP contribution >= 0.6 is 0 Å². The molecule has 158 valence electrons. The van der Waals surface area contributed by atoms with E-state index in [-0.39, 0.29) is 30.6 Å². The van der Waals surface area contributed by atoms with Crippen LogP contribution in [0.5, 0.6) is 0 Å². The van der Waals surface area contributed by atoms with Crippen LogP contribution in [0.3, 0.4) is 0 Å². The van der Waals surface area contributed by atoms with Crippen molar-refractivity contribution in [2.75, 3.05) is 11.4 Å². The van der Waals surface area contributed by atoms with E-state index in [9.17, 15) is 27.6 Å². The molecule has 2 aromatic rings. The van der Waals surface area contributed by atoms with Crippen LogP contribution in [0.1, 0.15) is 28.9 Å². The van der Waals surface area contributed by atoms with Crippen LogP contribution in [-0.4, -0.2) is 45.9 Å². The molecule has 1 aromatic heterocycles. The smallest absolute Gasteiger partial charge is 0.348 e. The van der Waals surface area contributed by atoms with Gasteiger partial charge in [-0.2, -0.15) is 13.2 Å². The first-order valence-corrected chi connectivity index (χ1v) is 9.41. The number of benzene rings is 1. The summed E-state index contributed by atoms with van der Waals surface area (Å²) in [6.07, 6.45) is -2.19. The predicted octanol–water partition coefficient (Wildman–Crippen LogP) is 2.77. The number of alkyl halides is 3. The Morgan fingerprint density at radius 3 is 2.60 bits per heavy atom. The van der Waals surface area contributed by atoms with E-state index >= 15 is 0 Å². The summed E-state index contributed by atoms with van der Waals surface area (Å²) in [6, 6.07) is 5.77. The summed E-state index contributed by atoms with van der Waals surface area (Å²) in [7, 11) is 1.74. The Kier molecular flexibility index (Phi) is 4.79. The Morgan fingerprint density at radius 2 is 1.93 bits per heavy atom. The number of aromatic nitrogens is 1. The van der Waals surface area contributed by atoms with Crippen molar-refractivity contribution in [1.29, 1.82) is 0 Å². The number of anilines is 1. The highest BCUT2D eigenvalue weighted by Crippen LogP contribution is 2.35. The summed E-state index contributed by atoms with van der Waals surface area (Å²) >= 11 is 0. The van der Waals surface area contributed by atoms with E-state index in [0.29, 0.717) is 12.1 Å². The molecule has 7 nitrogen and oxygen atoms in total. The van der Waals surface area contributed by atoms with Gasteiger partial charge in [0.15, 0.2) is 0 Å². The number of fused-ring (bicyclic) bond motifs is 1. The number of carbonyl (C=O) groups is 3. The number of nitrogens with zero attached hydrogens (tertiary/aromatic N) is 3. The lowest BCUT2D eigenvalue weighted by molar-refractivity contribution is -0.137. The van der Waals surface area contributed by atoms with Crippen LogP contribution in [0, 0.1) is 0 Å². The van der Waals surface area contributed by atoms with Gasteiger partial charge < -0.3 is 14.8 Å². The second-order valence-electron chi connectivity index (χ2n) is 7.41. The number of amides is 4. The van der Waals surface area contributed by atoms with Gasteiger partial charge in [-0.25, -0.2) is 9.69 Å². The first-order chi connectivity index (χ1) is 14.2. The number of urea groups is 1. The van der Waals surface area contributed by atoms with Crippen molar-refractivity contribution < 1.29 is 27.6 Å². The van der Waals surface area contributed by atoms with Gasteiger partial charge in [-0.1, -0.05) is 6.07 Å². The standard InChI is InChI=1S/C20H19F3N4O3/c1-25-8-3-6-15(25)17(28)24-13-7-9-26-16(11-13)18(29)27(19(26)30)14-5-2-4-12(10-14)20(21,22)23/h2-6,8,10,13,16H,7,9,11H2,1H3,(H,24,28). The second-order valence-corrected chi connectivity index (χ2v) is 7.41. The predicted molar refractivity (Wildman–Crippen MR) is 101 cm³/mol. The minimum Gasteiger partial charge on any atom is -0.348 e. The van der Waals surface area contributed by atoms with Crippen LogP contribution in [0.15, 0.2) is 42.6 Å². The van der Waals surface area contributed by atoms with Crippen LogP contribution in [0.2, 0.25) is 0 Å². The molecule has 2 atom stereocenters. The summed E-state index contributed by atoms with van der Waals surface area (Å²) in [5.74, 6) is -0.871. The van der Waals surface area contributed by atoms with Crippen molar-refractivity contribution in [2.24, 2.45) is 7.05 Å². The van der Waals surface area contributed by atoms with Gasteiger partial charge in [0.1, 0.15) is 11.7 Å². The van der Waals surface area contributed by atoms with E-state index in [1.165, 1.54) is 17.0 Å². The quantitative estimate of drug-likeness (QED) is 0.776. The van der Waals surface area contributed by atoms with E-state index in [1.54, 1.807) is 29.9 Å². The molecule has 2 aliphatic rings. The Bertz CT molecular complexity index is 1020. The molecular formula is C20H19F3N4O3. The Balaban J connectivity index is 1.51. The van der Waals surface area contributed by atoms with Gasteiger partial charge in [0.05, 0.1) is 11.3 Å². The number of piperidine rings is 1. The highest BCUT2D eigenvalue weighted by atomic mass is 19.4. The zero-order valence-corrected chi connectivity index (χ0v) is 16.0. The highest BCUT2D eigenvalue weighted by molar-refractivity contribution is 6.21. The molecule has 30 heavy (non-hydrogen) atoms. The van der Waals surface area contributed by atoms with E-state index in [0.717, 1.165) is 17.0 Å². The zero-order valence-electron chi connectivity index (χ0n) is 16.0. The third kappa shape index (κ3) is 3.42. The molecule has 0 saturated carbocycles. The third-order valence-corrected chi connectivity index (χ3v) is 5.49. The third-order valence-electron chi connectivity index (χ3n) is 5.49. The highest BCUT2D eigenvalue weighted by Gasteiger charge is 2.49. The first-order valence-electron chi connectivity index (χ1n) is 9.41. The van der Waals surface area contributed by atoms with Crippen molar-refractivity contribution in [1.82, 2.24) is 14.8 Å². The molecule has 0 bridgehead atoms. The number of hydrogen-bond acceptors (Lipinski definition) is 3. The van der Waals surface area contributed by atoms with Crippen LogP contribution in [0.25, 0.3) is 0 Å². The molecule has 10 heteroatoms. The summed E-state index contributed by atoms with van der Waals surface area (Å²) in [5, 5.41) is 2.88. The molecule has 2 fully saturated rings. The minimum atomic E-state index is -4.58. The second kappa shape index (κ2) is 7.19. The number of halogens is 3. The minimum absolute atomic E-state index is 0.112. The summed E-state index contributed by atoms with van der Waals surface area (Å²) < 4.78 is 40.7. The first kappa shape index (κ1) is 20.0. The Labute approximate surface area is 170 Å². The maximum atomic E-state index is 13.0. The van der Waals surface area contributed by atoms with Gasteiger partial charge in [0.25, 0.3) is 11.8 Å². The van der Waals surface area contributed by atoms with Gasteiger partial charge in [-0.3, -0.25) is 9.59 Å². The molecule has 1 N–H and O–H groups in total. The van der Waals surface area contributed by atoms with Gasteiger partial charge >= 0.3 is 12.2 Å². The average molecular weight is 420 g/mol. The molecule has 0 radical (unpaired) electrons. The van der Waals surface area contributed by atoms with Gasteiger partial charge in [0.2, 0.25) is 0 Å². The van der Waals surface area contributed by atoms with Crippen molar-refractivity contribution in [3.05, 3.63) is 53.9 Å². The molecule has 0 spiro atoms. The van der Waals surface area contributed by atoms with E-state index < -0.39 is 29.7 Å². The van der Waals surface area contributed by atoms with E-state index in [4.69, 9.17) is 0 Å². The van der Waals surface area contributed by atoms with Crippen LogP contribution < -0.4 is 10.2 Å². The number of rotatable bonds is 3. The number of nitrogens with one attached hydrogen (secondary N) is 1. The van der Waals surface area contributed by atoms with Crippen molar-refractivity contribution >= 4 is 23.5 Å². The Hall–Kier alpha value is -3.30. The molecule has 0 aliphatic carbocycles. The molecule has 2 unspecified atom stereocenters. The van der Waals surface area contributed by atoms with E-state index in [1.807, 2.05) is 0 Å². The molecular weight excluding hydrogens is 401 g/mol. The fourth-order valence-electron chi connectivity index (χ4n) is 3.95. The number of hydrogen-bond donors (Lipinski definition) is 1. The van der Waals surface area contributed by atoms with Crippen LogP contribution in [-0.2, 0) is 18.0 Å². The molecule has 4 rings (SSSR count). The van der Waals surface area contributed by atoms with Crippen molar-refractivity contribution in [3.63, 3.8) is 0 Å². The van der Waals surface area contributed by atoms with E-state index in [2.05, 4.69) is 5.32 Å². The largest absolute Gasteiger partial charge is 0.416 e. The van der Waals surface area contributed by atoms with Gasteiger partial charge in [-0.15, -0.1) is 0 Å². The lowest BCUT2D eigenvalue weighted by Gasteiger charge is -2.32. The molecule has 3 heterocycles. The molecule has 2 saturated heterocycles. The SMILES string of the molecule is Cn1cccc1C(=O)NC1CCN2C(=O)N(c3cccc(C(F)(F)F)c3)C(=O)C2C1. The lowest BCUT2D eigenvalue weighted by Crippen LogP contribution is -2.50. The maximum absolute atomic E-state index is 13.0. The molecule has 4 amide bonds. The number of imide groups is 1. The number of aryl methyl sites for hydroxylation is 1. The Morgan fingerprint density at radius 1 is 1.17 bits per heavy atom. The zero-order chi connectivity index (χ0) is 21.6. The maximum Gasteiger partial charge on any atom is 0.416 e. The summed E-state index contributed by atoms with van der Waals surface area (Å²) in [6.45, 7) is 0.225. The van der Waals surface area contributed by atoms with Crippen LogP contribution in [0.4, 0.5) is 23.7 Å². The van der Waals surface area contributed by atoms with Gasteiger partial charge in [0, 0.05) is 25.8 Å². The van der Waals surface area contributed by atoms with Gasteiger partial charge in [-0.05, 0) is 43.2 Å². The molecule has 1 aromatic carbocycles. The lowest BCUT2D eigenvalue weighted by atomic mass is 9.97. The fourth-order valence-corrected chi connectivity index (χ4v) is 3.95.